The van der Waals surface area contributed by atoms with E-state index in [2.05, 4.69) is 19.2 Å². The standard InChI is InChI=1S/C14H26N2O3.ClH/c1-3-11(4-2)14(19)16-9-6-12(7-10-16)15-8-5-13(17)18;/h11-12,15H,3-10H2,1-2H3,(H,17,18);1H. The van der Waals surface area contributed by atoms with E-state index >= 15 is 0 Å². The molecule has 0 radical (unpaired) electrons. The highest BCUT2D eigenvalue weighted by atomic mass is 35.5. The number of carbonyl (C=O) groups is 2. The molecule has 0 aromatic heterocycles. The van der Waals surface area contributed by atoms with E-state index < -0.39 is 5.97 Å². The van der Waals surface area contributed by atoms with Gasteiger partial charge in [0.25, 0.3) is 0 Å². The van der Waals surface area contributed by atoms with Crippen molar-refractivity contribution in [2.24, 2.45) is 5.92 Å². The molecule has 0 bridgehead atoms. The van der Waals surface area contributed by atoms with Crippen molar-refractivity contribution >= 4 is 24.3 Å². The molecule has 0 aliphatic carbocycles. The van der Waals surface area contributed by atoms with Crippen LogP contribution < -0.4 is 5.32 Å². The van der Waals surface area contributed by atoms with Gasteiger partial charge in [-0.15, -0.1) is 12.4 Å². The fourth-order valence-corrected chi connectivity index (χ4v) is 2.58. The van der Waals surface area contributed by atoms with Crippen LogP contribution in [0, 0.1) is 5.92 Å². The molecule has 0 aromatic rings. The molecule has 6 heteroatoms. The van der Waals surface area contributed by atoms with Crippen molar-refractivity contribution in [3.63, 3.8) is 0 Å². The maximum Gasteiger partial charge on any atom is 0.304 e. The molecule has 0 aromatic carbocycles. The Balaban J connectivity index is 0.00000361. The molecule has 1 saturated heterocycles. The summed E-state index contributed by atoms with van der Waals surface area (Å²) in [5.74, 6) is -0.320. The van der Waals surface area contributed by atoms with Gasteiger partial charge in [-0.2, -0.15) is 0 Å². The van der Waals surface area contributed by atoms with Crippen LogP contribution in [0.2, 0.25) is 0 Å². The molecule has 1 aliphatic heterocycles. The average molecular weight is 307 g/mol. The summed E-state index contributed by atoms with van der Waals surface area (Å²) in [5.41, 5.74) is 0. The Morgan fingerprint density at radius 3 is 2.25 bits per heavy atom. The molecular formula is C14H27ClN2O3. The third-order valence-electron chi connectivity index (χ3n) is 3.91. The second-order valence-corrected chi connectivity index (χ2v) is 5.21. The van der Waals surface area contributed by atoms with Crippen molar-refractivity contribution in [3.8, 4) is 0 Å². The normalized spacial score (nSPS) is 16.1. The summed E-state index contributed by atoms with van der Waals surface area (Å²) in [4.78, 5) is 24.6. The maximum atomic E-state index is 12.2. The monoisotopic (exact) mass is 306 g/mol. The summed E-state index contributed by atoms with van der Waals surface area (Å²) in [6, 6.07) is 0.352. The second kappa shape index (κ2) is 10.00. The molecule has 1 aliphatic rings. The molecule has 2 N–H and O–H groups in total. The minimum Gasteiger partial charge on any atom is -0.481 e. The van der Waals surface area contributed by atoms with Crippen LogP contribution in [-0.2, 0) is 9.59 Å². The Morgan fingerprint density at radius 1 is 1.25 bits per heavy atom. The topological polar surface area (TPSA) is 69.6 Å². The fraction of sp³-hybridized carbons (Fsp3) is 0.857. The number of rotatable bonds is 7. The van der Waals surface area contributed by atoms with Crippen LogP contribution in [0.3, 0.4) is 0 Å². The van der Waals surface area contributed by atoms with Crippen LogP contribution in [0.15, 0.2) is 0 Å². The molecule has 1 fully saturated rings. The highest BCUT2D eigenvalue weighted by Gasteiger charge is 2.26. The number of hydrogen-bond donors (Lipinski definition) is 2. The lowest BCUT2D eigenvalue weighted by molar-refractivity contribution is -0.137. The van der Waals surface area contributed by atoms with Crippen LogP contribution in [0.5, 0.6) is 0 Å². The van der Waals surface area contributed by atoms with Crippen LogP contribution in [0.4, 0.5) is 0 Å². The minimum absolute atomic E-state index is 0. The van der Waals surface area contributed by atoms with E-state index in [0.29, 0.717) is 12.6 Å². The van der Waals surface area contributed by atoms with Gasteiger partial charge in [0.15, 0.2) is 0 Å². The van der Waals surface area contributed by atoms with Gasteiger partial charge in [-0.25, -0.2) is 0 Å². The number of carboxylic acid groups (broad SMARTS) is 1. The molecule has 5 nitrogen and oxygen atoms in total. The molecule has 1 heterocycles. The highest BCUT2D eigenvalue weighted by molar-refractivity contribution is 5.85. The molecule has 0 atom stereocenters. The average Bonchev–Trinajstić information content (AvgIpc) is 2.40. The van der Waals surface area contributed by atoms with Gasteiger partial charge < -0.3 is 15.3 Å². The van der Waals surface area contributed by atoms with Gasteiger partial charge in [-0.1, -0.05) is 13.8 Å². The highest BCUT2D eigenvalue weighted by Crippen LogP contribution is 2.17. The van der Waals surface area contributed by atoms with E-state index in [4.69, 9.17) is 5.11 Å². The third-order valence-corrected chi connectivity index (χ3v) is 3.91. The Hall–Kier alpha value is -0.810. The van der Waals surface area contributed by atoms with Gasteiger partial charge >= 0.3 is 5.97 Å². The van der Waals surface area contributed by atoms with Crippen molar-refractivity contribution in [2.45, 2.75) is 52.0 Å². The second-order valence-electron chi connectivity index (χ2n) is 5.21. The molecule has 0 unspecified atom stereocenters. The number of nitrogens with one attached hydrogen (secondary N) is 1. The van der Waals surface area contributed by atoms with Gasteiger partial charge in [0, 0.05) is 31.6 Å². The molecule has 1 amide bonds. The first-order valence-electron chi connectivity index (χ1n) is 7.32. The molecule has 118 valence electrons. The van der Waals surface area contributed by atoms with Crippen molar-refractivity contribution in [2.75, 3.05) is 19.6 Å². The number of amides is 1. The van der Waals surface area contributed by atoms with Gasteiger partial charge in [0.1, 0.15) is 0 Å². The van der Waals surface area contributed by atoms with Crippen molar-refractivity contribution in [3.05, 3.63) is 0 Å². The van der Waals surface area contributed by atoms with E-state index in [1.807, 2.05) is 4.90 Å². The predicted molar refractivity (Wildman–Crippen MR) is 81.2 cm³/mol. The Labute approximate surface area is 127 Å². The summed E-state index contributed by atoms with van der Waals surface area (Å²) >= 11 is 0. The number of likely N-dealkylation sites (tertiary alicyclic amines) is 1. The lowest BCUT2D eigenvalue weighted by Gasteiger charge is -2.34. The van der Waals surface area contributed by atoms with Crippen LogP contribution in [0.25, 0.3) is 0 Å². The van der Waals surface area contributed by atoms with E-state index in [1.54, 1.807) is 0 Å². The summed E-state index contributed by atoms with van der Waals surface area (Å²) in [6.07, 6.45) is 3.82. The number of piperidine rings is 1. The maximum absolute atomic E-state index is 12.2. The summed E-state index contributed by atoms with van der Waals surface area (Å²) in [6.45, 7) is 6.22. The van der Waals surface area contributed by atoms with Crippen molar-refractivity contribution in [1.29, 1.82) is 0 Å². The smallest absolute Gasteiger partial charge is 0.304 e. The van der Waals surface area contributed by atoms with Crippen LogP contribution in [-0.4, -0.2) is 47.6 Å². The summed E-state index contributed by atoms with van der Waals surface area (Å²) in [7, 11) is 0. The van der Waals surface area contributed by atoms with Gasteiger partial charge in [0.05, 0.1) is 6.42 Å². The van der Waals surface area contributed by atoms with E-state index in [0.717, 1.165) is 38.8 Å². The van der Waals surface area contributed by atoms with Gasteiger partial charge in [0.2, 0.25) is 5.91 Å². The zero-order chi connectivity index (χ0) is 14.3. The first-order chi connectivity index (χ1) is 9.08. The van der Waals surface area contributed by atoms with Gasteiger partial charge in [-0.3, -0.25) is 9.59 Å². The van der Waals surface area contributed by atoms with Crippen LogP contribution in [0.1, 0.15) is 46.0 Å². The molecule has 20 heavy (non-hydrogen) atoms. The molecular weight excluding hydrogens is 280 g/mol. The van der Waals surface area contributed by atoms with Gasteiger partial charge in [-0.05, 0) is 25.7 Å². The SMILES string of the molecule is CCC(CC)C(=O)N1CCC(NCCC(=O)O)CC1.Cl. The predicted octanol–water partition coefficient (Wildman–Crippen LogP) is 1.90. The number of carboxylic acids is 1. The van der Waals surface area contributed by atoms with E-state index in [9.17, 15) is 9.59 Å². The third kappa shape index (κ3) is 6.09. The number of carbonyl (C=O) groups excluding carboxylic acids is 1. The lowest BCUT2D eigenvalue weighted by Crippen LogP contribution is -2.47. The first kappa shape index (κ1) is 19.2. The fourth-order valence-electron chi connectivity index (χ4n) is 2.58. The Kier molecular flexibility index (Phi) is 9.59. The number of hydrogen-bond acceptors (Lipinski definition) is 3. The van der Waals surface area contributed by atoms with Crippen LogP contribution >= 0.6 is 12.4 Å². The molecule has 1 rings (SSSR count). The number of aliphatic carboxylic acids is 1. The quantitative estimate of drug-likeness (QED) is 0.754. The number of nitrogens with zero attached hydrogens (tertiary/aromatic N) is 1. The summed E-state index contributed by atoms with van der Waals surface area (Å²) < 4.78 is 0. The zero-order valence-corrected chi connectivity index (χ0v) is 13.2. The zero-order valence-electron chi connectivity index (χ0n) is 12.4. The largest absolute Gasteiger partial charge is 0.481 e. The first-order valence-corrected chi connectivity index (χ1v) is 7.32. The van der Waals surface area contributed by atoms with E-state index in [-0.39, 0.29) is 30.7 Å². The molecule has 0 spiro atoms. The minimum atomic E-state index is -0.770. The lowest BCUT2D eigenvalue weighted by atomic mass is 9.98. The van der Waals surface area contributed by atoms with Crippen molar-refractivity contribution < 1.29 is 14.7 Å². The summed E-state index contributed by atoms with van der Waals surface area (Å²) in [5, 5.41) is 11.8. The number of halogens is 1. The van der Waals surface area contributed by atoms with E-state index in [1.165, 1.54) is 0 Å². The Morgan fingerprint density at radius 2 is 1.80 bits per heavy atom. The molecule has 0 saturated carbocycles. The Bertz CT molecular complexity index is 301. The van der Waals surface area contributed by atoms with Crippen molar-refractivity contribution in [1.82, 2.24) is 10.2 Å².